The average molecular weight is 508 g/mol. The van der Waals surface area contributed by atoms with Crippen LogP contribution in [-0.2, 0) is 19.0 Å². The molecule has 8 heteroatoms. The summed E-state index contributed by atoms with van der Waals surface area (Å²) < 4.78 is 32.9. The molecule has 1 fully saturated rings. The molecular weight excluding hydrogens is 473 g/mol. The lowest BCUT2D eigenvalue weighted by Crippen LogP contribution is -2.44. The topological polar surface area (TPSA) is 75.5 Å². The Bertz CT molecular complexity index is 1240. The van der Waals surface area contributed by atoms with Crippen molar-refractivity contribution in [2.24, 2.45) is 0 Å². The number of aromatic nitrogens is 3. The van der Waals surface area contributed by atoms with Gasteiger partial charge in [0.25, 0.3) is 0 Å². The third kappa shape index (κ3) is 6.50. The number of hydrogen-bond acceptors (Lipinski definition) is 6. The summed E-state index contributed by atoms with van der Waals surface area (Å²) in [6, 6.07) is 12.0. The number of hydrogen-bond donors (Lipinski definition) is 0. The van der Waals surface area contributed by atoms with E-state index >= 15 is 0 Å². The predicted molar refractivity (Wildman–Crippen MR) is 140 cm³/mol. The first kappa shape index (κ1) is 26.7. The van der Waals surface area contributed by atoms with E-state index in [2.05, 4.69) is 18.8 Å². The van der Waals surface area contributed by atoms with Crippen LogP contribution in [0.25, 0.3) is 23.2 Å². The van der Waals surface area contributed by atoms with Crippen LogP contribution < -0.4 is 0 Å². The van der Waals surface area contributed by atoms with Gasteiger partial charge in [0.2, 0.25) is 0 Å². The maximum atomic E-state index is 13.8. The van der Waals surface area contributed by atoms with Gasteiger partial charge in [-0.3, -0.25) is 4.79 Å². The summed E-state index contributed by atoms with van der Waals surface area (Å²) in [6.07, 6.45) is 5.78. The average Bonchev–Trinajstić information content (AvgIpc) is 3.23. The second-order valence-corrected chi connectivity index (χ2v) is 9.81. The highest BCUT2D eigenvalue weighted by Crippen LogP contribution is 2.35. The Morgan fingerprint density at radius 2 is 1.97 bits per heavy atom. The first-order chi connectivity index (χ1) is 17.7. The van der Waals surface area contributed by atoms with Gasteiger partial charge < -0.3 is 14.2 Å². The van der Waals surface area contributed by atoms with Crippen LogP contribution in [0.2, 0.25) is 0 Å². The SMILES string of the molecule is CCOC(=O)CC1CC(/C=C\c2c(C(C)C)nn(-c3ccccn3)c2-c2ccc(F)cc2)OC(C)(C)O1. The highest BCUT2D eigenvalue weighted by atomic mass is 19.1. The van der Waals surface area contributed by atoms with E-state index in [0.29, 0.717) is 18.8 Å². The van der Waals surface area contributed by atoms with Gasteiger partial charge in [0.05, 0.1) is 36.6 Å². The van der Waals surface area contributed by atoms with Gasteiger partial charge in [0.1, 0.15) is 5.82 Å². The first-order valence-electron chi connectivity index (χ1n) is 12.7. The Kier molecular flexibility index (Phi) is 8.19. The normalized spacial score (nSPS) is 19.4. The number of ether oxygens (including phenoxy) is 3. The molecule has 37 heavy (non-hydrogen) atoms. The van der Waals surface area contributed by atoms with Gasteiger partial charge in [-0.05, 0) is 63.1 Å². The van der Waals surface area contributed by atoms with E-state index in [1.54, 1.807) is 29.9 Å². The third-order valence-corrected chi connectivity index (χ3v) is 6.04. The Balaban J connectivity index is 1.74. The Morgan fingerprint density at radius 1 is 1.22 bits per heavy atom. The Morgan fingerprint density at radius 3 is 2.62 bits per heavy atom. The molecule has 3 heterocycles. The number of carbonyl (C=O) groups is 1. The van der Waals surface area contributed by atoms with Crippen molar-refractivity contribution in [2.45, 2.75) is 71.4 Å². The molecule has 7 nitrogen and oxygen atoms in total. The molecule has 1 saturated heterocycles. The molecule has 2 atom stereocenters. The molecule has 2 aromatic heterocycles. The van der Waals surface area contributed by atoms with Crippen LogP contribution in [0.3, 0.4) is 0 Å². The van der Waals surface area contributed by atoms with Crippen molar-refractivity contribution in [1.29, 1.82) is 0 Å². The van der Waals surface area contributed by atoms with Gasteiger partial charge in [0, 0.05) is 23.7 Å². The molecule has 2 unspecified atom stereocenters. The summed E-state index contributed by atoms with van der Waals surface area (Å²) >= 11 is 0. The number of halogens is 1. The van der Waals surface area contributed by atoms with Crippen molar-refractivity contribution in [3.8, 4) is 17.1 Å². The van der Waals surface area contributed by atoms with Crippen molar-refractivity contribution in [1.82, 2.24) is 14.8 Å². The lowest BCUT2D eigenvalue weighted by atomic mass is 9.98. The van der Waals surface area contributed by atoms with E-state index in [-0.39, 0.29) is 36.3 Å². The highest BCUT2D eigenvalue weighted by Gasteiger charge is 2.36. The monoisotopic (exact) mass is 507 g/mol. The third-order valence-electron chi connectivity index (χ3n) is 6.04. The molecule has 1 aliphatic heterocycles. The molecule has 0 radical (unpaired) electrons. The number of carbonyl (C=O) groups excluding carboxylic acids is 1. The number of benzene rings is 1. The van der Waals surface area contributed by atoms with Crippen molar-refractivity contribution >= 4 is 12.0 Å². The summed E-state index contributed by atoms with van der Waals surface area (Å²) in [4.78, 5) is 16.6. The molecule has 1 aromatic carbocycles. The van der Waals surface area contributed by atoms with E-state index in [1.807, 2.05) is 44.2 Å². The van der Waals surface area contributed by atoms with E-state index in [1.165, 1.54) is 12.1 Å². The minimum atomic E-state index is -0.858. The van der Waals surface area contributed by atoms with Gasteiger partial charge in [-0.2, -0.15) is 5.10 Å². The summed E-state index contributed by atoms with van der Waals surface area (Å²) in [5.41, 5.74) is 3.42. The zero-order valence-electron chi connectivity index (χ0n) is 22.0. The fourth-order valence-corrected chi connectivity index (χ4v) is 4.57. The fourth-order valence-electron chi connectivity index (χ4n) is 4.57. The van der Waals surface area contributed by atoms with Crippen molar-refractivity contribution in [3.63, 3.8) is 0 Å². The quantitative estimate of drug-likeness (QED) is 0.344. The second-order valence-electron chi connectivity index (χ2n) is 9.81. The number of nitrogens with zero attached hydrogens (tertiary/aromatic N) is 3. The molecule has 0 amide bonds. The smallest absolute Gasteiger partial charge is 0.308 e. The van der Waals surface area contributed by atoms with Crippen LogP contribution in [0, 0.1) is 5.82 Å². The number of esters is 1. The highest BCUT2D eigenvalue weighted by molar-refractivity contribution is 5.76. The van der Waals surface area contributed by atoms with Crippen molar-refractivity contribution in [3.05, 3.63) is 71.8 Å². The van der Waals surface area contributed by atoms with Crippen molar-refractivity contribution in [2.75, 3.05) is 6.61 Å². The van der Waals surface area contributed by atoms with E-state index in [9.17, 15) is 9.18 Å². The molecule has 0 bridgehead atoms. The van der Waals surface area contributed by atoms with Crippen LogP contribution in [0.4, 0.5) is 4.39 Å². The van der Waals surface area contributed by atoms with Crippen molar-refractivity contribution < 1.29 is 23.4 Å². The second kappa shape index (κ2) is 11.4. The summed E-state index contributed by atoms with van der Waals surface area (Å²) in [5.74, 6) is -0.665. The molecule has 0 saturated carbocycles. The Hall–Kier alpha value is -3.36. The molecular formula is C29H34FN3O4. The number of rotatable bonds is 8. The maximum absolute atomic E-state index is 13.8. The molecule has 0 spiro atoms. The minimum absolute atomic E-state index is 0.118. The molecule has 0 aliphatic carbocycles. The minimum Gasteiger partial charge on any atom is -0.466 e. The zero-order chi connectivity index (χ0) is 26.6. The van der Waals surface area contributed by atoms with Gasteiger partial charge >= 0.3 is 5.97 Å². The van der Waals surface area contributed by atoms with E-state index < -0.39 is 5.79 Å². The van der Waals surface area contributed by atoms with Gasteiger partial charge in [-0.1, -0.05) is 32.1 Å². The van der Waals surface area contributed by atoms with Gasteiger partial charge in [-0.15, -0.1) is 0 Å². The fraction of sp³-hybridized carbons (Fsp3) is 0.414. The van der Waals surface area contributed by atoms with Crippen LogP contribution >= 0.6 is 0 Å². The van der Waals surface area contributed by atoms with E-state index in [4.69, 9.17) is 19.3 Å². The summed E-state index contributed by atoms with van der Waals surface area (Å²) in [7, 11) is 0. The molecule has 1 aliphatic rings. The molecule has 3 aromatic rings. The standard InChI is InChI=1S/C29H34FN3O4/c1-6-35-26(34)18-23-17-22(36-29(4,5)37-23)14-15-24-27(19(2)3)32-33(25-9-7-8-16-31-25)28(24)20-10-12-21(30)13-11-20/h7-16,19,22-23H,6,17-18H2,1-5H3/b15-14-. The lowest BCUT2D eigenvalue weighted by Gasteiger charge is -2.39. The molecule has 196 valence electrons. The van der Waals surface area contributed by atoms with Crippen LogP contribution in [0.1, 0.15) is 64.6 Å². The zero-order valence-corrected chi connectivity index (χ0v) is 22.0. The molecule has 0 N–H and O–H groups in total. The van der Waals surface area contributed by atoms with Gasteiger partial charge in [0.15, 0.2) is 11.6 Å². The largest absolute Gasteiger partial charge is 0.466 e. The van der Waals surface area contributed by atoms with E-state index in [0.717, 1.165) is 22.5 Å². The molecule has 4 rings (SSSR count). The summed E-state index contributed by atoms with van der Waals surface area (Å²) in [5, 5.41) is 4.93. The summed E-state index contributed by atoms with van der Waals surface area (Å²) in [6.45, 7) is 9.97. The first-order valence-corrected chi connectivity index (χ1v) is 12.7. The predicted octanol–water partition coefficient (Wildman–Crippen LogP) is 6.07. The van der Waals surface area contributed by atoms with Crippen LogP contribution in [0.5, 0.6) is 0 Å². The number of pyridine rings is 1. The lowest BCUT2D eigenvalue weighted by molar-refractivity contribution is -0.290. The maximum Gasteiger partial charge on any atom is 0.308 e. The van der Waals surface area contributed by atoms with Gasteiger partial charge in [-0.25, -0.2) is 14.1 Å². The van der Waals surface area contributed by atoms with Crippen LogP contribution in [-0.4, -0.2) is 45.3 Å². The Labute approximate surface area is 217 Å². The van der Waals surface area contributed by atoms with Crippen LogP contribution in [0.15, 0.2) is 54.7 Å².